The molecule has 1 heteroatoms. The molecule has 0 aliphatic carbocycles. The third-order valence-electron chi connectivity index (χ3n) is 2.32. The summed E-state index contributed by atoms with van der Waals surface area (Å²) >= 11 is 3.74. The zero-order chi connectivity index (χ0) is 9.68. The molecule has 0 aliphatic heterocycles. The molecule has 1 unspecified atom stereocenters. The molecule has 0 amide bonds. The van der Waals surface area contributed by atoms with Crippen LogP contribution in [0.2, 0.25) is 0 Å². The Morgan fingerprint density at radius 1 is 1.23 bits per heavy atom. The molecule has 0 spiro atoms. The monoisotopic (exact) mass is 240 g/mol. The molecule has 1 aromatic carbocycles. The van der Waals surface area contributed by atoms with E-state index in [1.54, 1.807) is 0 Å². The number of benzene rings is 1. The summed E-state index contributed by atoms with van der Waals surface area (Å²) in [6.45, 7) is 4.44. The van der Waals surface area contributed by atoms with Crippen molar-refractivity contribution in [1.29, 1.82) is 0 Å². The highest BCUT2D eigenvalue weighted by atomic mass is 79.9. The third-order valence-corrected chi connectivity index (χ3v) is 3.27. The van der Waals surface area contributed by atoms with Crippen molar-refractivity contribution in [2.45, 2.75) is 37.9 Å². The lowest BCUT2D eigenvalue weighted by Gasteiger charge is -2.12. The summed E-state index contributed by atoms with van der Waals surface area (Å²) in [4.78, 5) is 0.536. The van der Waals surface area contributed by atoms with Crippen LogP contribution in [-0.2, 0) is 6.42 Å². The number of hydrogen-bond donors (Lipinski definition) is 0. The van der Waals surface area contributed by atoms with Crippen LogP contribution in [0.25, 0.3) is 0 Å². The lowest BCUT2D eigenvalue weighted by atomic mass is 10.0. The first kappa shape index (κ1) is 10.8. The average Bonchev–Trinajstić information content (AvgIpc) is 2.18. The van der Waals surface area contributed by atoms with E-state index in [0.717, 1.165) is 6.42 Å². The van der Waals surface area contributed by atoms with Crippen LogP contribution >= 0.6 is 15.9 Å². The summed E-state index contributed by atoms with van der Waals surface area (Å²) in [5.41, 5.74) is 2.93. The van der Waals surface area contributed by atoms with E-state index in [9.17, 15) is 0 Å². The van der Waals surface area contributed by atoms with Gasteiger partial charge in [0.05, 0.1) is 0 Å². The van der Waals surface area contributed by atoms with Gasteiger partial charge in [-0.3, -0.25) is 0 Å². The molecule has 0 radical (unpaired) electrons. The Bertz CT molecular complexity index is 255. The fraction of sp³-hybridized carbons (Fsp3) is 0.500. The molecule has 1 atom stereocenters. The maximum absolute atomic E-state index is 3.74. The van der Waals surface area contributed by atoms with E-state index < -0.39 is 0 Å². The van der Waals surface area contributed by atoms with Gasteiger partial charge < -0.3 is 0 Å². The molecule has 0 saturated heterocycles. The molecule has 13 heavy (non-hydrogen) atoms. The van der Waals surface area contributed by atoms with E-state index in [4.69, 9.17) is 0 Å². The third kappa shape index (κ3) is 2.84. The van der Waals surface area contributed by atoms with E-state index in [-0.39, 0.29) is 0 Å². The maximum atomic E-state index is 3.74. The van der Waals surface area contributed by atoms with Crippen molar-refractivity contribution in [3.05, 3.63) is 35.4 Å². The molecule has 0 nitrogen and oxygen atoms in total. The van der Waals surface area contributed by atoms with E-state index >= 15 is 0 Å². The Hall–Kier alpha value is -0.300. The molecule has 0 saturated carbocycles. The largest absolute Gasteiger partial charge is 0.0839 e. The van der Waals surface area contributed by atoms with Crippen LogP contribution in [0.15, 0.2) is 24.3 Å². The summed E-state index contributed by atoms with van der Waals surface area (Å²) < 4.78 is 0. The van der Waals surface area contributed by atoms with Gasteiger partial charge in [-0.2, -0.15) is 0 Å². The predicted molar refractivity (Wildman–Crippen MR) is 62.4 cm³/mol. The van der Waals surface area contributed by atoms with Crippen molar-refractivity contribution in [3.63, 3.8) is 0 Å². The fourth-order valence-corrected chi connectivity index (χ4v) is 2.48. The lowest BCUT2D eigenvalue weighted by molar-refractivity contribution is 0.780. The normalized spacial score (nSPS) is 12.8. The van der Waals surface area contributed by atoms with Crippen LogP contribution in [0.1, 0.15) is 42.6 Å². The van der Waals surface area contributed by atoms with Gasteiger partial charge in [-0.1, -0.05) is 60.5 Å². The van der Waals surface area contributed by atoms with Gasteiger partial charge in [0.1, 0.15) is 0 Å². The number of rotatable bonds is 4. The first-order valence-corrected chi connectivity index (χ1v) is 5.93. The second-order valence-electron chi connectivity index (χ2n) is 3.31. The van der Waals surface area contributed by atoms with Crippen LogP contribution in [0.5, 0.6) is 0 Å². The van der Waals surface area contributed by atoms with E-state index in [2.05, 4.69) is 54.0 Å². The minimum absolute atomic E-state index is 0.536. The summed E-state index contributed by atoms with van der Waals surface area (Å²) in [5, 5.41) is 0. The molecule has 0 aromatic heterocycles. The van der Waals surface area contributed by atoms with Gasteiger partial charge in [-0.15, -0.1) is 0 Å². The predicted octanol–water partition coefficient (Wildman–Crippen LogP) is 4.49. The Balaban J connectivity index is 2.85. The summed E-state index contributed by atoms with van der Waals surface area (Å²) in [7, 11) is 0. The van der Waals surface area contributed by atoms with Gasteiger partial charge in [0.25, 0.3) is 0 Å². The Morgan fingerprint density at radius 2 is 1.92 bits per heavy atom. The van der Waals surface area contributed by atoms with Gasteiger partial charge in [0, 0.05) is 4.83 Å². The van der Waals surface area contributed by atoms with Crippen LogP contribution in [0.3, 0.4) is 0 Å². The molecule has 1 rings (SSSR count). The van der Waals surface area contributed by atoms with E-state index in [0.29, 0.717) is 4.83 Å². The van der Waals surface area contributed by atoms with Gasteiger partial charge >= 0.3 is 0 Å². The molecule has 0 aliphatic rings. The van der Waals surface area contributed by atoms with Gasteiger partial charge in [-0.05, 0) is 24.0 Å². The summed E-state index contributed by atoms with van der Waals surface area (Å²) in [6, 6.07) is 8.69. The second kappa shape index (κ2) is 5.43. The SMILES string of the molecule is CCCC(Br)c1ccccc1CC. The maximum Gasteiger partial charge on any atom is 0.0397 e. The first-order valence-electron chi connectivity index (χ1n) is 5.01. The fourth-order valence-electron chi connectivity index (χ4n) is 1.57. The standard InChI is InChI=1S/C12H17Br/c1-3-7-12(13)11-9-6-5-8-10(11)4-2/h5-6,8-9,12H,3-4,7H2,1-2H3. The molecule has 0 fully saturated rings. The highest BCUT2D eigenvalue weighted by Gasteiger charge is 2.08. The van der Waals surface area contributed by atoms with E-state index in [1.165, 1.54) is 24.0 Å². The number of alkyl halides is 1. The van der Waals surface area contributed by atoms with Crippen LogP contribution < -0.4 is 0 Å². The zero-order valence-electron chi connectivity index (χ0n) is 8.39. The summed E-state index contributed by atoms with van der Waals surface area (Å²) in [5.74, 6) is 0. The topological polar surface area (TPSA) is 0 Å². The minimum atomic E-state index is 0.536. The smallest absolute Gasteiger partial charge is 0.0397 e. The Labute approximate surface area is 89.5 Å². The van der Waals surface area contributed by atoms with Gasteiger partial charge in [-0.25, -0.2) is 0 Å². The van der Waals surface area contributed by atoms with Crippen molar-refractivity contribution in [1.82, 2.24) is 0 Å². The molecule has 1 aromatic rings. The van der Waals surface area contributed by atoms with Crippen molar-refractivity contribution in [2.75, 3.05) is 0 Å². The molecule has 0 N–H and O–H groups in total. The van der Waals surface area contributed by atoms with Crippen LogP contribution in [-0.4, -0.2) is 0 Å². The Morgan fingerprint density at radius 3 is 2.54 bits per heavy atom. The minimum Gasteiger partial charge on any atom is -0.0839 e. The quantitative estimate of drug-likeness (QED) is 0.681. The molecule has 72 valence electrons. The molecular formula is C12H17Br. The number of hydrogen-bond acceptors (Lipinski definition) is 0. The van der Waals surface area contributed by atoms with Crippen LogP contribution in [0.4, 0.5) is 0 Å². The van der Waals surface area contributed by atoms with Gasteiger partial charge in [0.2, 0.25) is 0 Å². The van der Waals surface area contributed by atoms with Crippen molar-refractivity contribution in [2.24, 2.45) is 0 Å². The van der Waals surface area contributed by atoms with Crippen molar-refractivity contribution >= 4 is 15.9 Å². The first-order chi connectivity index (χ1) is 6.29. The number of halogens is 1. The lowest BCUT2D eigenvalue weighted by Crippen LogP contribution is -1.95. The van der Waals surface area contributed by atoms with E-state index in [1.807, 2.05) is 0 Å². The van der Waals surface area contributed by atoms with Crippen LogP contribution in [0, 0.1) is 0 Å². The van der Waals surface area contributed by atoms with Crippen molar-refractivity contribution < 1.29 is 0 Å². The Kier molecular flexibility index (Phi) is 4.51. The highest BCUT2D eigenvalue weighted by molar-refractivity contribution is 9.09. The zero-order valence-corrected chi connectivity index (χ0v) is 9.97. The molecular weight excluding hydrogens is 224 g/mol. The highest BCUT2D eigenvalue weighted by Crippen LogP contribution is 2.30. The second-order valence-corrected chi connectivity index (χ2v) is 4.41. The summed E-state index contributed by atoms with van der Waals surface area (Å²) in [6.07, 6.45) is 3.58. The van der Waals surface area contributed by atoms with Gasteiger partial charge in [0.15, 0.2) is 0 Å². The number of aryl methyl sites for hydroxylation is 1. The average molecular weight is 241 g/mol. The molecule has 0 heterocycles. The molecule has 0 bridgehead atoms. The van der Waals surface area contributed by atoms with Crippen molar-refractivity contribution in [3.8, 4) is 0 Å².